The number of hydrogen-bond acceptors (Lipinski definition) is 7. The molecule has 0 radical (unpaired) electrons. The van der Waals surface area contributed by atoms with Crippen LogP contribution in [0.3, 0.4) is 0 Å². The quantitative estimate of drug-likeness (QED) is 0.351. The summed E-state index contributed by atoms with van der Waals surface area (Å²) in [5.74, 6) is 1.11. The van der Waals surface area contributed by atoms with Crippen molar-refractivity contribution in [1.29, 1.82) is 0 Å². The lowest BCUT2D eigenvalue weighted by Gasteiger charge is -2.21. The Balaban J connectivity index is 1.63. The van der Waals surface area contributed by atoms with E-state index in [1.807, 2.05) is 34.7 Å². The molecule has 0 unspecified atom stereocenters. The van der Waals surface area contributed by atoms with Crippen molar-refractivity contribution in [3.63, 3.8) is 0 Å². The third kappa shape index (κ3) is 4.61. The molecule has 2 N–H and O–H groups in total. The highest BCUT2D eigenvalue weighted by Crippen LogP contribution is 2.40. The number of hydrogen-bond donors (Lipinski definition) is 1. The Hall–Kier alpha value is -3.56. The number of fused-ring (bicyclic) bond motifs is 3. The molecule has 0 fully saturated rings. The predicted molar refractivity (Wildman–Crippen MR) is 151 cm³/mol. The Bertz CT molecular complexity index is 1550. The normalized spacial score (nSPS) is 15.1. The summed E-state index contributed by atoms with van der Waals surface area (Å²) in [4.78, 5) is 19.3. The first-order valence-electron chi connectivity index (χ1n) is 12.8. The molecule has 5 rings (SSSR count). The highest BCUT2D eigenvalue weighted by molar-refractivity contribution is 7.15. The number of nitrogens with two attached hydrogens (primary N) is 1. The van der Waals surface area contributed by atoms with Crippen molar-refractivity contribution in [1.82, 2.24) is 19.3 Å². The van der Waals surface area contributed by atoms with E-state index in [9.17, 15) is 4.79 Å². The van der Waals surface area contributed by atoms with Crippen LogP contribution in [0.5, 0.6) is 0 Å². The summed E-state index contributed by atoms with van der Waals surface area (Å²) in [6, 6.07) is 12.0. The van der Waals surface area contributed by atoms with Gasteiger partial charge in [0.2, 0.25) is 0 Å². The van der Waals surface area contributed by atoms with Gasteiger partial charge in [-0.3, -0.25) is 14.4 Å². The number of benzene rings is 1. The van der Waals surface area contributed by atoms with E-state index < -0.39 is 11.6 Å². The van der Waals surface area contributed by atoms with Gasteiger partial charge in [-0.1, -0.05) is 24.3 Å². The molecule has 0 saturated carbocycles. The Morgan fingerprint density at radius 3 is 2.37 bits per heavy atom. The highest BCUT2D eigenvalue weighted by Gasteiger charge is 2.33. The summed E-state index contributed by atoms with van der Waals surface area (Å²) in [5.41, 5.74) is 12.6. The number of ether oxygens (including phenoxy) is 1. The number of thiophene rings is 1. The van der Waals surface area contributed by atoms with Gasteiger partial charge in [0.25, 0.3) is 0 Å². The number of carbonyl (C=O) groups excluding carboxylic acids is 1. The molecule has 1 aliphatic rings. The van der Waals surface area contributed by atoms with Crippen LogP contribution in [-0.2, 0) is 23.1 Å². The zero-order valence-electron chi connectivity index (χ0n) is 23.0. The van der Waals surface area contributed by atoms with Gasteiger partial charge in [-0.05, 0) is 64.8 Å². The summed E-state index contributed by atoms with van der Waals surface area (Å²) in [7, 11) is 2.03. The van der Waals surface area contributed by atoms with Crippen LogP contribution in [0, 0.1) is 20.8 Å². The molecule has 4 heterocycles. The standard InChI is InChI=1S/C29H34N6O2S/c1-16-17(2)38-28-25(16)26(20-10-8-19(9-11-20)23-13-12-21(15-30)34(23)7)31-22(14-24(36)37-29(4,5)6)27-33-32-18(3)35(27)28/h8-13,22H,14-15,30H2,1-7H3/t22-/m0/s1. The molecule has 1 aliphatic heterocycles. The molecule has 4 aromatic rings. The molecule has 0 saturated heterocycles. The van der Waals surface area contributed by atoms with Gasteiger partial charge in [0, 0.05) is 41.0 Å². The highest BCUT2D eigenvalue weighted by atomic mass is 32.1. The molecule has 198 valence electrons. The van der Waals surface area contributed by atoms with Crippen LogP contribution in [-0.4, -0.2) is 36.6 Å². The molecule has 0 bridgehead atoms. The zero-order chi connectivity index (χ0) is 27.4. The molecule has 0 spiro atoms. The summed E-state index contributed by atoms with van der Waals surface area (Å²) in [6.45, 7) is 12.3. The first-order valence-corrected chi connectivity index (χ1v) is 13.6. The van der Waals surface area contributed by atoms with Crippen molar-refractivity contribution in [2.45, 2.75) is 66.2 Å². The van der Waals surface area contributed by atoms with Gasteiger partial charge in [-0.2, -0.15) is 0 Å². The number of aromatic nitrogens is 4. The van der Waals surface area contributed by atoms with Gasteiger partial charge >= 0.3 is 5.97 Å². The fraction of sp³-hybridized carbons (Fsp3) is 0.379. The lowest BCUT2D eigenvalue weighted by Crippen LogP contribution is -2.25. The molecule has 1 aromatic carbocycles. The molecule has 0 amide bonds. The van der Waals surface area contributed by atoms with Crippen molar-refractivity contribution >= 4 is 23.0 Å². The minimum absolute atomic E-state index is 0.0785. The molecule has 8 nitrogen and oxygen atoms in total. The number of nitrogens with zero attached hydrogens (tertiary/aromatic N) is 5. The van der Waals surface area contributed by atoms with Gasteiger partial charge in [-0.25, -0.2) is 0 Å². The topological polar surface area (TPSA) is 100 Å². The summed E-state index contributed by atoms with van der Waals surface area (Å²) >= 11 is 1.70. The molecular weight excluding hydrogens is 496 g/mol. The maximum atomic E-state index is 12.9. The lowest BCUT2D eigenvalue weighted by molar-refractivity contribution is -0.155. The average Bonchev–Trinajstić information content (AvgIpc) is 3.48. The fourth-order valence-electron chi connectivity index (χ4n) is 4.91. The van der Waals surface area contributed by atoms with E-state index >= 15 is 0 Å². The predicted octanol–water partition coefficient (Wildman–Crippen LogP) is 5.34. The second kappa shape index (κ2) is 9.63. The third-order valence-electron chi connectivity index (χ3n) is 6.91. The summed E-state index contributed by atoms with van der Waals surface area (Å²) in [6.07, 6.45) is 0.0785. The van der Waals surface area contributed by atoms with E-state index in [2.05, 4.69) is 69.6 Å². The monoisotopic (exact) mass is 530 g/mol. The first-order chi connectivity index (χ1) is 18.0. The minimum Gasteiger partial charge on any atom is -0.460 e. The molecular formula is C29H34N6O2S. The van der Waals surface area contributed by atoms with Crippen LogP contribution in [0.2, 0.25) is 0 Å². The molecule has 3 aromatic heterocycles. The van der Waals surface area contributed by atoms with Crippen molar-refractivity contribution in [2.75, 3.05) is 0 Å². The molecule has 9 heteroatoms. The largest absolute Gasteiger partial charge is 0.460 e. The minimum atomic E-state index is -0.583. The van der Waals surface area contributed by atoms with Crippen molar-refractivity contribution in [3.8, 4) is 16.3 Å². The van der Waals surface area contributed by atoms with Crippen LogP contribution in [0.1, 0.15) is 72.1 Å². The second-order valence-electron chi connectivity index (χ2n) is 10.7. The van der Waals surface area contributed by atoms with Crippen LogP contribution in [0.4, 0.5) is 0 Å². The van der Waals surface area contributed by atoms with Crippen LogP contribution >= 0.6 is 11.3 Å². The van der Waals surface area contributed by atoms with Crippen molar-refractivity contribution in [2.24, 2.45) is 17.8 Å². The number of rotatable bonds is 5. The third-order valence-corrected chi connectivity index (χ3v) is 8.10. The van der Waals surface area contributed by atoms with Gasteiger partial charge in [-0.15, -0.1) is 21.5 Å². The number of aryl methyl sites for hydroxylation is 2. The zero-order valence-corrected chi connectivity index (χ0v) is 23.8. The summed E-state index contributed by atoms with van der Waals surface area (Å²) in [5, 5.41) is 9.87. The van der Waals surface area contributed by atoms with E-state index in [0.29, 0.717) is 12.4 Å². The molecule has 0 aliphatic carbocycles. The van der Waals surface area contributed by atoms with Gasteiger partial charge in [0.15, 0.2) is 5.82 Å². The van der Waals surface area contributed by atoms with Gasteiger partial charge in [0.05, 0.1) is 12.1 Å². The van der Waals surface area contributed by atoms with Crippen LogP contribution < -0.4 is 5.73 Å². The maximum absolute atomic E-state index is 12.9. The van der Waals surface area contributed by atoms with E-state index in [-0.39, 0.29) is 12.4 Å². The fourth-order valence-corrected chi connectivity index (χ4v) is 6.13. The number of aliphatic imine (C=N–C) groups is 1. The average molecular weight is 531 g/mol. The smallest absolute Gasteiger partial charge is 0.308 e. The summed E-state index contributed by atoms with van der Waals surface area (Å²) < 4.78 is 9.83. The van der Waals surface area contributed by atoms with Crippen molar-refractivity contribution < 1.29 is 9.53 Å². The van der Waals surface area contributed by atoms with Crippen LogP contribution in [0.25, 0.3) is 16.3 Å². The van der Waals surface area contributed by atoms with Crippen molar-refractivity contribution in [3.05, 3.63) is 75.3 Å². The van der Waals surface area contributed by atoms with Gasteiger partial charge in [0.1, 0.15) is 22.5 Å². The SMILES string of the molecule is Cc1sc2c(c1C)C(c1ccc(-c3ccc(CN)n3C)cc1)=N[C@@H](CC(=O)OC(C)(C)C)c1nnc(C)n1-2. The Morgan fingerprint density at radius 2 is 1.74 bits per heavy atom. The Labute approximate surface area is 227 Å². The van der Waals surface area contributed by atoms with E-state index in [0.717, 1.165) is 44.6 Å². The second-order valence-corrected chi connectivity index (χ2v) is 11.9. The van der Waals surface area contributed by atoms with E-state index in [4.69, 9.17) is 15.5 Å². The number of esters is 1. The molecule has 38 heavy (non-hydrogen) atoms. The number of carbonyl (C=O) groups is 1. The Kier molecular flexibility index (Phi) is 6.61. The van der Waals surface area contributed by atoms with E-state index in [1.165, 1.54) is 10.4 Å². The van der Waals surface area contributed by atoms with E-state index in [1.54, 1.807) is 11.3 Å². The molecule has 1 atom stereocenters. The lowest BCUT2D eigenvalue weighted by atomic mass is 9.98. The Morgan fingerprint density at radius 1 is 1.05 bits per heavy atom. The first kappa shape index (κ1) is 26.1. The van der Waals surface area contributed by atoms with Crippen LogP contribution in [0.15, 0.2) is 41.4 Å². The van der Waals surface area contributed by atoms with Gasteiger partial charge < -0.3 is 15.0 Å². The maximum Gasteiger partial charge on any atom is 0.308 e.